The minimum atomic E-state index is -0.192. The summed E-state index contributed by atoms with van der Waals surface area (Å²) < 4.78 is 0. The number of piperidine rings is 1. The Bertz CT molecular complexity index is 467. The predicted octanol–water partition coefficient (Wildman–Crippen LogP) is 2.46. The predicted molar refractivity (Wildman–Crippen MR) is 76.8 cm³/mol. The van der Waals surface area contributed by atoms with Crippen molar-refractivity contribution in [3.05, 3.63) is 28.0 Å². The third-order valence-corrected chi connectivity index (χ3v) is 3.85. The number of rotatable bonds is 3. The molecular formula is C13H17Cl2N3O. The number of likely N-dealkylation sites (tertiary alicyclic amines) is 1. The van der Waals surface area contributed by atoms with Gasteiger partial charge in [-0.2, -0.15) is 0 Å². The van der Waals surface area contributed by atoms with E-state index in [2.05, 4.69) is 22.2 Å². The van der Waals surface area contributed by atoms with Crippen LogP contribution in [-0.4, -0.2) is 42.5 Å². The molecule has 1 unspecified atom stereocenters. The van der Waals surface area contributed by atoms with Gasteiger partial charge in [-0.05, 0) is 38.4 Å². The first kappa shape index (κ1) is 14.6. The van der Waals surface area contributed by atoms with Crippen molar-refractivity contribution >= 4 is 29.1 Å². The van der Waals surface area contributed by atoms with E-state index in [1.54, 1.807) is 0 Å². The molecule has 1 fully saturated rings. The molecule has 4 nitrogen and oxygen atoms in total. The zero-order chi connectivity index (χ0) is 13.8. The molecule has 0 saturated carbocycles. The zero-order valence-corrected chi connectivity index (χ0v) is 12.3. The van der Waals surface area contributed by atoms with E-state index < -0.39 is 0 Å². The summed E-state index contributed by atoms with van der Waals surface area (Å²) in [5.74, 6) is 0.307. The van der Waals surface area contributed by atoms with Gasteiger partial charge in [0.25, 0.3) is 5.91 Å². The van der Waals surface area contributed by atoms with Crippen LogP contribution in [0, 0.1) is 5.92 Å². The Morgan fingerprint density at radius 1 is 1.58 bits per heavy atom. The number of carbonyl (C=O) groups excluding carboxylic acids is 1. The second-order valence-electron chi connectivity index (χ2n) is 4.97. The van der Waals surface area contributed by atoms with Crippen LogP contribution in [-0.2, 0) is 0 Å². The topological polar surface area (TPSA) is 45.2 Å². The van der Waals surface area contributed by atoms with Crippen LogP contribution in [0.25, 0.3) is 0 Å². The van der Waals surface area contributed by atoms with Gasteiger partial charge < -0.3 is 10.2 Å². The highest BCUT2D eigenvalue weighted by molar-refractivity contribution is 6.35. The fraction of sp³-hybridized carbons (Fsp3) is 0.538. The quantitative estimate of drug-likeness (QED) is 0.872. The van der Waals surface area contributed by atoms with E-state index in [9.17, 15) is 4.79 Å². The summed E-state index contributed by atoms with van der Waals surface area (Å²) in [7, 11) is 2.10. The Balaban J connectivity index is 1.92. The lowest BCUT2D eigenvalue weighted by Crippen LogP contribution is -2.39. The summed E-state index contributed by atoms with van der Waals surface area (Å²) in [6.45, 7) is 2.82. The number of hydrogen-bond acceptors (Lipinski definition) is 3. The van der Waals surface area contributed by atoms with Crippen molar-refractivity contribution in [3.63, 3.8) is 0 Å². The molecule has 6 heteroatoms. The van der Waals surface area contributed by atoms with Crippen molar-refractivity contribution in [2.24, 2.45) is 5.92 Å². The number of halogens is 2. The van der Waals surface area contributed by atoms with Gasteiger partial charge in [-0.15, -0.1) is 0 Å². The molecule has 1 aromatic rings. The minimum absolute atomic E-state index is 0.192. The molecule has 1 aliphatic heterocycles. The minimum Gasteiger partial charge on any atom is -0.352 e. The van der Waals surface area contributed by atoms with Crippen molar-refractivity contribution in [2.75, 3.05) is 26.7 Å². The van der Waals surface area contributed by atoms with Crippen LogP contribution in [0.2, 0.25) is 10.2 Å². The van der Waals surface area contributed by atoms with Crippen molar-refractivity contribution in [2.45, 2.75) is 12.8 Å². The lowest BCUT2D eigenvalue weighted by atomic mass is 9.98. The number of hydrogen-bond donors (Lipinski definition) is 1. The third kappa shape index (κ3) is 4.06. The van der Waals surface area contributed by atoms with Crippen LogP contribution >= 0.6 is 23.2 Å². The third-order valence-electron chi connectivity index (χ3n) is 3.34. The van der Waals surface area contributed by atoms with Crippen molar-refractivity contribution in [3.8, 4) is 0 Å². The standard InChI is InChI=1S/C13H17Cl2N3O/c1-18-4-2-3-9(8-18)6-17-13(19)10-5-12(15)16-7-11(10)14/h5,7,9H,2-4,6,8H2,1H3,(H,17,19). The first-order valence-electron chi connectivity index (χ1n) is 6.34. The van der Waals surface area contributed by atoms with E-state index in [0.717, 1.165) is 19.5 Å². The van der Waals surface area contributed by atoms with Crippen LogP contribution in [0.5, 0.6) is 0 Å². The molecule has 19 heavy (non-hydrogen) atoms. The maximum absolute atomic E-state index is 12.0. The van der Waals surface area contributed by atoms with Gasteiger partial charge in [-0.1, -0.05) is 23.2 Å². The first-order valence-corrected chi connectivity index (χ1v) is 7.09. The van der Waals surface area contributed by atoms with Gasteiger partial charge in [0.1, 0.15) is 5.15 Å². The Kier molecular flexibility index (Phi) is 5.02. The molecule has 0 bridgehead atoms. The van der Waals surface area contributed by atoms with E-state index in [1.807, 2.05) is 0 Å². The van der Waals surface area contributed by atoms with E-state index in [1.165, 1.54) is 18.7 Å². The Morgan fingerprint density at radius 2 is 2.37 bits per heavy atom. The molecule has 1 saturated heterocycles. The Morgan fingerprint density at radius 3 is 3.11 bits per heavy atom. The molecule has 0 aromatic carbocycles. The molecule has 0 spiro atoms. The van der Waals surface area contributed by atoms with Crippen LogP contribution in [0.1, 0.15) is 23.2 Å². The van der Waals surface area contributed by atoms with Gasteiger partial charge in [0.2, 0.25) is 0 Å². The SMILES string of the molecule is CN1CCCC(CNC(=O)c2cc(Cl)ncc2Cl)C1. The number of amides is 1. The van der Waals surface area contributed by atoms with Gasteiger partial charge in [0, 0.05) is 19.3 Å². The molecule has 2 rings (SSSR count). The van der Waals surface area contributed by atoms with Crippen molar-refractivity contribution < 1.29 is 4.79 Å². The Labute approximate surface area is 123 Å². The van der Waals surface area contributed by atoms with Crippen LogP contribution in [0.3, 0.4) is 0 Å². The monoisotopic (exact) mass is 301 g/mol. The van der Waals surface area contributed by atoms with Gasteiger partial charge >= 0.3 is 0 Å². The lowest BCUT2D eigenvalue weighted by Gasteiger charge is -2.29. The van der Waals surface area contributed by atoms with Gasteiger partial charge in [-0.3, -0.25) is 4.79 Å². The van der Waals surface area contributed by atoms with Crippen LogP contribution < -0.4 is 5.32 Å². The van der Waals surface area contributed by atoms with E-state index in [0.29, 0.717) is 23.0 Å². The van der Waals surface area contributed by atoms with Crippen LogP contribution in [0.15, 0.2) is 12.3 Å². The number of nitrogens with zero attached hydrogens (tertiary/aromatic N) is 2. The summed E-state index contributed by atoms with van der Waals surface area (Å²) in [6, 6.07) is 1.49. The maximum Gasteiger partial charge on any atom is 0.252 e. The molecule has 2 heterocycles. The van der Waals surface area contributed by atoms with E-state index in [-0.39, 0.29) is 11.1 Å². The van der Waals surface area contributed by atoms with Crippen molar-refractivity contribution in [1.29, 1.82) is 0 Å². The normalized spacial score (nSPS) is 20.3. The van der Waals surface area contributed by atoms with Gasteiger partial charge in [0.15, 0.2) is 0 Å². The molecule has 104 valence electrons. The molecular weight excluding hydrogens is 285 g/mol. The lowest BCUT2D eigenvalue weighted by molar-refractivity contribution is 0.0937. The van der Waals surface area contributed by atoms with E-state index >= 15 is 0 Å². The molecule has 1 atom stereocenters. The molecule has 1 aliphatic rings. The highest BCUT2D eigenvalue weighted by Gasteiger charge is 2.19. The number of nitrogens with one attached hydrogen (secondary N) is 1. The number of aromatic nitrogens is 1. The molecule has 0 aliphatic carbocycles. The summed E-state index contributed by atoms with van der Waals surface area (Å²) in [5.41, 5.74) is 0.380. The van der Waals surface area contributed by atoms with Gasteiger partial charge in [0.05, 0.1) is 10.6 Å². The zero-order valence-electron chi connectivity index (χ0n) is 10.8. The van der Waals surface area contributed by atoms with Gasteiger partial charge in [-0.25, -0.2) is 4.98 Å². The second kappa shape index (κ2) is 6.55. The summed E-state index contributed by atoms with van der Waals surface area (Å²) in [4.78, 5) is 18.2. The van der Waals surface area contributed by atoms with E-state index in [4.69, 9.17) is 23.2 Å². The fourth-order valence-electron chi connectivity index (χ4n) is 2.36. The largest absolute Gasteiger partial charge is 0.352 e. The van der Waals surface area contributed by atoms with Crippen LogP contribution in [0.4, 0.5) is 0 Å². The summed E-state index contributed by atoms with van der Waals surface area (Å²) >= 11 is 11.7. The van der Waals surface area contributed by atoms with Crippen molar-refractivity contribution in [1.82, 2.24) is 15.2 Å². The molecule has 0 radical (unpaired) electrons. The summed E-state index contributed by atoms with van der Waals surface area (Å²) in [6.07, 6.45) is 3.72. The molecule has 1 N–H and O–H groups in total. The number of pyridine rings is 1. The fourth-order valence-corrected chi connectivity index (χ4v) is 2.71. The average Bonchev–Trinajstić information content (AvgIpc) is 2.39. The highest BCUT2D eigenvalue weighted by atomic mass is 35.5. The maximum atomic E-state index is 12.0. The highest BCUT2D eigenvalue weighted by Crippen LogP contribution is 2.18. The first-order chi connectivity index (χ1) is 9.06. The molecule has 1 amide bonds. The second-order valence-corrected chi connectivity index (χ2v) is 5.76. The average molecular weight is 302 g/mol. The molecule has 1 aromatic heterocycles. The number of carbonyl (C=O) groups is 1. The smallest absolute Gasteiger partial charge is 0.252 e. The summed E-state index contributed by atoms with van der Waals surface area (Å²) in [5, 5.41) is 3.51. The Hall–Kier alpha value is -0.840.